The second-order valence-electron chi connectivity index (χ2n) is 4.69. The summed E-state index contributed by atoms with van der Waals surface area (Å²) < 4.78 is 0. The summed E-state index contributed by atoms with van der Waals surface area (Å²) >= 11 is 0. The lowest BCUT2D eigenvalue weighted by Gasteiger charge is -2.23. The molecule has 1 radical (unpaired) electrons. The second-order valence-corrected chi connectivity index (χ2v) is 4.69. The molecule has 0 bridgehead atoms. The Morgan fingerprint density at radius 2 is 1.38 bits per heavy atom. The van der Waals surface area contributed by atoms with Crippen LogP contribution in [-0.2, 0) is 0 Å². The molecule has 0 aliphatic heterocycles. The van der Waals surface area contributed by atoms with E-state index in [0.29, 0.717) is 0 Å². The van der Waals surface area contributed by atoms with Gasteiger partial charge in [-0.15, -0.1) is 0 Å². The van der Waals surface area contributed by atoms with Crippen molar-refractivity contribution in [3.63, 3.8) is 0 Å². The zero-order chi connectivity index (χ0) is 10.3. The Labute approximate surface area is 85.1 Å². The smallest absolute Gasteiger partial charge is 0.0190 e. The normalized spacial score (nSPS) is 12.0. The van der Waals surface area contributed by atoms with Crippen LogP contribution in [-0.4, -0.2) is 0 Å². The molecule has 79 valence electrons. The zero-order valence-corrected chi connectivity index (χ0v) is 10.2. The van der Waals surface area contributed by atoms with Gasteiger partial charge in [-0.05, 0) is 24.2 Å². The van der Waals surface area contributed by atoms with Crippen LogP contribution in [0.5, 0.6) is 0 Å². The second kappa shape index (κ2) is 7.41. The van der Waals surface area contributed by atoms with Crippen molar-refractivity contribution >= 4 is 0 Å². The van der Waals surface area contributed by atoms with Gasteiger partial charge >= 0.3 is 0 Å². The Morgan fingerprint density at radius 3 is 1.77 bits per heavy atom. The largest absolute Gasteiger partial charge is 0.0654 e. The lowest BCUT2D eigenvalue weighted by Crippen LogP contribution is -2.12. The van der Waals surface area contributed by atoms with E-state index in [-0.39, 0.29) is 0 Å². The van der Waals surface area contributed by atoms with Crippen LogP contribution < -0.4 is 0 Å². The van der Waals surface area contributed by atoms with Gasteiger partial charge in [-0.3, -0.25) is 0 Å². The molecule has 0 heteroatoms. The maximum atomic E-state index is 2.33. The van der Waals surface area contributed by atoms with E-state index in [0.717, 1.165) is 11.8 Å². The molecule has 0 aromatic heterocycles. The van der Waals surface area contributed by atoms with E-state index in [1.54, 1.807) is 5.92 Å². The predicted molar refractivity (Wildman–Crippen MR) is 61.7 cm³/mol. The average molecular weight is 183 g/mol. The van der Waals surface area contributed by atoms with Gasteiger partial charge in [-0.2, -0.15) is 0 Å². The van der Waals surface area contributed by atoms with Crippen molar-refractivity contribution in [1.82, 2.24) is 0 Å². The van der Waals surface area contributed by atoms with Gasteiger partial charge in [0.05, 0.1) is 0 Å². The van der Waals surface area contributed by atoms with Gasteiger partial charge in [0.25, 0.3) is 0 Å². The Kier molecular flexibility index (Phi) is 7.41. The van der Waals surface area contributed by atoms with Crippen molar-refractivity contribution in [2.24, 2.45) is 11.8 Å². The Morgan fingerprint density at radius 1 is 0.846 bits per heavy atom. The van der Waals surface area contributed by atoms with Crippen LogP contribution in [0.25, 0.3) is 0 Å². The van der Waals surface area contributed by atoms with E-state index in [1.165, 1.54) is 32.1 Å². The molecule has 0 saturated heterocycles. The molecule has 0 nitrogen and oxygen atoms in total. The quantitative estimate of drug-likeness (QED) is 0.495. The lowest BCUT2D eigenvalue weighted by molar-refractivity contribution is 0.458. The summed E-state index contributed by atoms with van der Waals surface area (Å²) in [4.78, 5) is 0. The predicted octanol–water partition coefficient (Wildman–Crippen LogP) is 4.84. The summed E-state index contributed by atoms with van der Waals surface area (Å²) in [5.74, 6) is 3.32. The summed E-state index contributed by atoms with van der Waals surface area (Å²) in [6, 6.07) is 0. The summed E-state index contributed by atoms with van der Waals surface area (Å²) in [6.07, 6.45) is 6.93. The minimum absolute atomic E-state index is 0.779. The molecule has 13 heavy (non-hydrogen) atoms. The van der Waals surface area contributed by atoms with Gasteiger partial charge in [0.2, 0.25) is 0 Å². The molecule has 0 heterocycles. The molecule has 0 aromatic carbocycles. The molecule has 0 atom stereocenters. The Hall–Kier alpha value is 0. The van der Waals surface area contributed by atoms with Crippen molar-refractivity contribution in [2.45, 2.75) is 66.7 Å². The lowest BCUT2D eigenvalue weighted by atomic mass is 9.82. The summed E-state index contributed by atoms with van der Waals surface area (Å²) in [7, 11) is 0. The van der Waals surface area contributed by atoms with Gasteiger partial charge in [-0.1, -0.05) is 60.3 Å². The van der Waals surface area contributed by atoms with Crippen LogP contribution >= 0.6 is 0 Å². The molecule has 0 aromatic rings. The van der Waals surface area contributed by atoms with Crippen molar-refractivity contribution in [3.8, 4) is 0 Å². The van der Waals surface area contributed by atoms with Gasteiger partial charge in [0, 0.05) is 0 Å². The highest BCUT2D eigenvalue weighted by molar-refractivity contribution is 4.95. The third-order valence-corrected chi connectivity index (χ3v) is 2.80. The van der Waals surface area contributed by atoms with E-state index < -0.39 is 0 Å². The third-order valence-electron chi connectivity index (χ3n) is 2.80. The molecule has 0 spiro atoms. The van der Waals surface area contributed by atoms with E-state index in [4.69, 9.17) is 0 Å². The van der Waals surface area contributed by atoms with Gasteiger partial charge in [0.15, 0.2) is 0 Å². The van der Waals surface area contributed by atoms with Crippen LogP contribution in [0.15, 0.2) is 0 Å². The van der Waals surface area contributed by atoms with Crippen LogP contribution in [0, 0.1) is 17.8 Å². The molecule has 0 amide bonds. The molecule has 0 aliphatic carbocycles. The van der Waals surface area contributed by atoms with Gasteiger partial charge < -0.3 is 0 Å². The first kappa shape index (κ1) is 13.0. The van der Waals surface area contributed by atoms with Crippen LogP contribution in [0.2, 0.25) is 0 Å². The van der Waals surface area contributed by atoms with Gasteiger partial charge in [0.1, 0.15) is 0 Å². The monoisotopic (exact) mass is 183 g/mol. The topological polar surface area (TPSA) is 0 Å². The summed E-state index contributed by atoms with van der Waals surface area (Å²) in [6.45, 7) is 11.6. The Bertz CT molecular complexity index is 94.6. The maximum absolute atomic E-state index is 2.33. The highest BCUT2D eigenvalue weighted by atomic mass is 14.2. The highest BCUT2D eigenvalue weighted by Gasteiger charge is 2.16. The summed E-state index contributed by atoms with van der Waals surface area (Å²) in [5, 5.41) is 0. The SMILES string of the molecule is CCCCCC[C](C(C)C)C(C)C. The highest BCUT2D eigenvalue weighted by Crippen LogP contribution is 2.28. The molecular formula is C13H27. The van der Waals surface area contributed by atoms with E-state index in [2.05, 4.69) is 34.6 Å². The number of unbranched alkanes of at least 4 members (excludes halogenated alkanes) is 3. The van der Waals surface area contributed by atoms with Crippen LogP contribution in [0.3, 0.4) is 0 Å². The minimum Gasteiger partial charge on any atom is -0.0654 e. The first-order valence-electron chi connectivity index (χ1n) is 5.95. The number of rotatable bonds is 7. The standard InChI is InChI=1S/C13H27/c1-6-7-8-9-10-13(11(2)3)12(4)5/h11-12H,6-10H2,1-5H3. The molecule has 0 saturated carbocycles. The number of hydrogen-bond acceptors (Lipinski definition) is 0. The van der Waals surface area contributed by atoms with Crippen LogP contribution in [0.4, 0.5) is 0 Å². The third kappa shape index (κ3) is 6.12. The van der Waals surface area contributed by atoms with Crippen molar-refractivity contribution in [3.05, 3.63) is 5.92 Å². The van der Waals surface area contributed by atoms with E-state index in [1.807, 2.05) is 0 Å². The fourth-order valence-corrected chi connectivity index (χ4v) is 2.00. The molecule has 0 fully saturated rings. The van der Waals surface area contributed by atoms with Gasteiger partial charge in [-0.25, -0.2) is 0 Å². The molecule has 0 aliphatic rings. The number of hydrogen-bond donors (Lipinski definition) is 0. The Balaban J connectivity index is 3.58. The molecule has 0 unspecified atom stereocenters. The fraction of sp³-hybridized carbons (Fsp3) is 0.923. The van der Waals surface area contributed by atoms with Crippen molar-refractivity contribution < 1.29 is 0 Å². The zero-order valence-electron chi connectivity index (χ0n) is 10.2. The average Bonchev–Trinajstić information content (AvgIpc) is 2.02. The van der Waals surface area contributed by atoms with E-state index >= 15 is 0 Å². The molecule has 0 N–H and O–H groups in total. The molecule has 0 rings (SSSR count). The first-order chi connectivity index (χ1) is 6.09. The maximum Gasteiger partial charge on any atom is -0.0190 e. The van der Waals surface area contributed by atoms with Crippen LogP contribution in [0.1, 0.15) is 66.7 Å². The molecular weight excluding hydrogens is 156 g/mol. The minimum atomic E-state index is 0.779. The van der Waals surface area contributed by atoms with E-state index in [9.17, 15) is 0 Å². The first-order valence-corrected chi connectivity index (χ1v) is 5.95. The van der Waals surface area contributed by atoms with Crippen molar-refractivity contribution in [1.29, 1.82) is 0 Å². The summed E-state index contributed by atoms with van der Waals surface area (Å²) in [5.41, 5.74) is 0. The van der Waals surface area contributed by atoms with Crippen molar-refractivity contribution in [2.75, 3.05) is 0 Å². The fourth-order valence-electron chi connectivity index (χ4n) is 2.00.